The molecule has 6 aromatic rings. The zero-order valence-corrected chi connectivity index (χ0v) is 36.4. The molecule has 3 fully saturated rings. The van der Waals surface area contributed by atoms with Crippen molar-refractivity contribution in [1.82, 2.24) is 34.6 Å². The largest absolute Gasteiger partial charge is 0.381 e. The number of thioether (sulfide) groups is 1. The van der Waals surface area contributed by atoms with E-state index in [9.17, 15) is 9.59 Å². The lowest BCUT2D eigenvalue weighted by Crippen LogP contribution is -2.44. The molecular weight excluding hydrogens is 793 g/mol. The van der Waals surface area contributed by atoms with Crippen molar-refractivity contribution in [2.24, 2.45) is 10.9 Å². The molecule has 0 radical (unpaired) electrons. The number of benzene rings is 4. The maximum atomic E-state index is 14.6. The number of nitrogens with zero attached hydrogens (tertiary/aromatic N) is 6. The van der Waals surface area contributed by atoms with E-state index in [1.165, 1.54) is 0 Å². The van der Waals surface area contributed by atoms with Gasteiger partial charge in [-0.2, -0.15) is 0 Å². The maximum absolute atomic E-state index is 14.6. The Morgan fingerprint density at radius 3 is 1.85 bits per heavy atom. The number of carbonyl (C=O) groups is 2. The van der Waals surface area contributed by atoms with E-state index in [0.717, 1.165) is 101 Å². The Hall–Kier alpha value is -5.82. The highest BCUT2D eigenvalue weighted by molar-refractivity contribution is 8.00. The lowest BCUT2D eigenvalue weighted by atomic mass is 9.97. The van der Waals surface area contributed by atoms with Crippen LogP contribution in [-0.2, 0) is 14.3 Å². The van der Waals surface area contributed by atoms with Crippen LogP contribution < -0.4 is 0 Å². The van der Waals surface area contributed by atoms with Crippen LogP contribution in [0.4, 0.5) is 0 Å². The average Bonchev–Trinajstić information content (AvgIpc) is 4.16. The van der Waals surface area contributed by atoms with E-state index in [0.29, 0.717) is 12.5 Å². The molecule has 0 aliphatic carbocycles. The number of amides is 2. The molecule has 318 valence electrons. The van der Waals surface area contributed by atoms with Gasteiger partial charge in [-0.05, 0) is 92.2 Å². The predicted octanol–water partition coefficient (Wildman–Crippen LogP) is 9.30. The molecule has 2 unspecified atom stereocenters. The Morgan fingerprint density at radius 1 is 0.742 bits per heavy atom. The smallest absolute Gasteiger partial charge is 0.253 e. The van der Waals surface area contributed by atoms with Crippen molar-refractivity contribution in [3.63, 3.8) is 0 Å². The molecule has 5 atom stereocenters. The topological polar surface area (TPSA) is 123 Å². The minimum atomic E-state index is -0.612. The highest BCUT2D eigenvalue weighted by atomic mass is 32.2. The first kappa shape index (κ1) is 41.5. The third-order valence-electron chi connectivity index (χ3n) is 12.6. The molecule has 0 saturated carbocycles. The number of likely N-dealkylation sites (N-methyl/N-ethyl adjacent to an activating group) is 1. The number of hydrogen-bond donors (Lipinski definition) is 2. The van der Waals surface area contributed by atoms with E-state index in [4.69, 9.17) is 19.7 Å². The quantitative estimate of drug-likeness (QED) is 0.118. The van der Waals surface area contributed by atoms with E-state index in [-0.39, 0.29) is 35.3 Å². The second-order valence-electron chi connectivity index (χ2n) is 16.6. The zero-order valence-electron chi connectivity index (χ0n) is 35.6. The van der Waals surface area contributed by atoms with Gasteiger partial charge >= 0.3 is 0 Å². The number of aliphatic imine (C=N–C) groups is 1. The van der Waals surface area contributed by atoms with E-state index in [2.05, 4.69) is 63.4 Å². The zero-order chi connectivity index (χ0) is 42.6. The van der Waals surface area contributed by atoms with Gasteiger partial charge in [0.1, 0.15) is 23.7 Å². The Labute approximate surface area is 368 Å². The Balaban J connectivity index is 0.890. The van der Waals surface area contributed by atoms with Crippen LogP contribution in [0.1, 0.15) is 79.6 Å². The molecule has 2 N–H and O–H groups in total. The molecule has 2 amide bonds. The Morgan fingerprint density at radius 2 is 1.29 bits per heavy atom. The number of carbonyl (C=O) groups excluding carboxylic acids is 2. The van der Waals surface area contributed by atoms with E-state index in [1.54, 1.807) is 6.21 Å². The molecule has 3 aliphatic heterocycles. The number of aromatic nitrogens is 4. The summed E-state index contributed by atoms with van der Waals surface area (Å²) in [5.74, 6) is 2.83. The third-order valence-corrected chi connectivity index (χ3v) is 14.0. The Kier molecular flexibility index (Phi) is 12.5. The SMILES string of the molecule is C/C=N/C(C(=O)N1C(C2CCOCC2)SC[C@H]1c1ncc(-c2ccc(-c3ccc(-c4cnc([C@@H]5CCCN5C(=O)[C@@H](c5ccccc5)N(C)C)[nH]4)cc3)cc2)[nH]1)c1ccccc1. The van der Waals surface area contributed by atoms with Crippen molar-refractivity contribution < 1.29 is 14.3 Å². The fourth-order valence-corrected chi connectivity index (χ4v) is 11.0. The van der Waals surface area contributed by atoms with Crippen LogP contribution in [0, 0.1) is 5.92 Å². The summed E-state index contributed by atoms with van der Waals surface area (Å²) in [5, 5.41) is 0.0268. The normalized spacial score (nSPS) is 20.6. The van der Waals surface area contributed by atoms with Crippen molar-refractivity contribution in [2.75, 3.05) is 39.6 Å². The van der Waals surface area contributed by atoms with Gasteiger partial charge in [0.05, 0.1) is 35.2 Å². The third kappa shape index (κ3) is 8.51. The molecule has 62 heavy (non-hydrogen) atoms. The van der Waals surface area contributed by atoms with Gasteiger partial charge < -0.3 is 24.5 Å². The summed E-state index contributed by atoms with van der Waals surface area (Å²) >= 11 is 1.85. The van der Waals surface area contributed by atoms with Crippen LogP contribution in [0.15, 0.2) is 127 Å². The number of rotatable bonds is 12. The minimum absolute atomic E-state index is 0.00636. The van der Waals surface area contributed by atoms with Crippen LogP contribution in [-0.4, -0.2) is 97.6 Å². The summed E-state index contributed by atoms with van der Waals surface area (Å²) in [4.78, 5) is 56.2. The number of likely N-dealkylation sites (tertiary alicyclic amines) is 1. The summed E-state index contributed by atoms with van der Waals surface area (Å²) in [7, 11) is 3.92. The van der Waals surface area contributed by atoms with Gasteiger partial charge in [-0.3, -0.25) is 19.5 Å². The molecule has 3 saturated heterocycles. The molecule has 2 aromatic heterocycles. The van der Waals surface area contributed by atoms with Crippen LogP contribution in [0.2, 0.25) is 0 Å². The molecule has 11 nitrogen and oxygen atoms in total. The predicted molar refractivity (Wildman–Crippen MR) is 246 cm³/mol. The first-order valence-corrected chi connectivity index (χ1v) is 22.8. The number of H-pyrrole nitrogens is 2. The van der Waals surface area contributed by atoms with Crippen LogP contribution >= 0.6 is 11.8 Å². The van der Waals surface area contributed by atoms with Crippen molar-refractivity contribution in [3.8, 4) is 33.6 Å². The van der Waals surface area contributed by atoms with Crippen molar-refractivity contribution in [3.05, 3.63) is 144 Å². The molecular formula is C50H54N8O3S. The fraction of sp³-hybridized carbons (Fsp3) is 0.340. The Bertz CT molecular complexity index is 2460. The number of aromatic amines is 2. The number of ether oxygens (including phenoxy) is 1. The monoisotopic (exact) mass is 846 g/mol. The highest BCUT2D eigenvalue weighted by Gasteiger charge is 2.46. The van der Waals surface area contributed by atoms with Gasteiger partial charge in [-0.15, -0.1) is 11.8 Å². The molecule has 4 aromatic carbocycles. The summed E-state index contributed by atoms with van der Waals surface area (Å²) < 4.78 is 5.71. The molecule has 5 heterocycles. The summed E-state index contributed by atoms with van der Waals surface area (Å²) in [6.45, 7) is 4.02. The van der Waals surface area contributed by atoms with Crippen LogP contribution in [0.25, 0.3) is 33.6 Å². The van der Waals surface area contributed by atoms with Crippen molar-refractivity contribution in [2.45, 2.75) is 62.1 Å². The number of hydrogen-bond acceptors (Lipinski definition) is 8. The molecule has 3 aliphatic rings. The molecule has 0 spiro atoms. The van der Waals surface area contributed by atoms with Gasteiger partial charge in [-0.25, -0.2) is 9.97 Å². The first-order valence-electron chi connectivity index (χ1n) is 21.7. The number of nitrogens with one attached hydrogen (secondary N) is 2. The van der Waals surface area contributed by atoms with Crippen LogP contribution in [0.3, 0.4) is 0 Å². The number of imidazole rings is 2. The van der Waals surface area contributed by atoms with Gasteiger partial charge in [0, 0.05) is 25.5 Å². The molecule has 9 rings (SSSR count). The summed E-state index contributed by atoms with van der Waals surface area (Å²) in [5.41, 5.74) is 7.99. The van der Waals surface area contributed by atoms with Gasteiger partial charge in [0.2, 0.25) is 5.91 Å². The van der Waals surface area contributed by atoms with E-state index in [1.807, 2.05) is 116 Å². The second-order valence-corrected chi connectivity index (χ2v) is 17.8. The highest BCUT2D eigenvalue weighted by Crippen LogP contribution is 2.46. The first-order chi connectivity index (χ1) is 30.4. The lowest BCUT2D eigenvalue weighted by Gasteiger charge is -2.36. The molecule has 0 bridgehead atoms. The van der Waals surface area contributed by atoms with Gasteiger partial charge in [0.15, 0.2) is 6.04 Å². The van der Waals surface area contributed by atoms with Crippen molar-refractivity contribution in [1.29, 1.82) is 0 Å². The second kappa shape index (κ2) is 18.7. The standard InChI is InChI=1S/C50H54N8O3S/c1-4-51-44(37-12-7-5-8-13-37)48(59)58-43(32-62-50(58)39-25-28-61-29-26-39)47-53-31-41(55-47)36-23-19-34(20-24-36)33-17-21-35(22-18-33)40-30-52-46(54-40)42-16-11-27-57(42)49(60)45(56(2)3)38-14-9-6-10-15-38/h4-10,12-15,17-24,30-31,39,42-45,50H,11,16,25-29,32H2,1-3H3,(H,52,54)(H,53,55)/b51-4+/t42-,43-,44?,45+,50?/m0/s1. The van der Waals surface area contributed by atoms with Crippen LogP contribution in [0.5, 0.6) is 0 Å². The van der Waals surface area contributed by atoms with E-state index < -0.39 is 6.04 Å². The summed E-state index contributed by atoms with van der Waals surface area (Å²) in [6.07, 6.45) is 9.18. The fourth-order valence-electron chi connectivity index (χ4n) is 9.36. The lowest BCUT2D eigenvalue weighted by molar-refractivity contribution is -0.138. The van der Waals surface area contributed by atoms with Crippen molar-refractivity contribution >= 4 is 29.8 Å². The summed E-state index contributed by atoms with van der Waals surface area (Å²) in [6, 6.07) is 35.6. The van der Waals surface area contributed by atoms with Gasteiger partial charge in [0.25, 0.3) is 5.91 Å². The maximum Gasteiger partial charge on any atom is 0.253 e. The minimum Gasteiger partial charge on any atom is -0.381 e. The van der Waals surface area contributed by atoms with Gasteiger partial charge in [-0.1, -0.05) is 109 Å². The molecule has 12 heteroatoms. The van der Waals surface area contributed by atoms with E-state index >= 15 is 0 Å². The average molecular weight is 847 g/mol.